The van der Waals surface area contributed by atoms with Crippen LogP contribution in [0.15, 0.2) is 23.8 Å². The first kappa shape index (κ1) is 20.3. The number of aliphatic hydroxyl groups is 2. The van der Waals surface area contributed by atoms with Gasteiger partial charge in [0, 0.05) is 16.7 Å². The van der Waals surface area contributed by atoms with Gasteiger partial charge < -0.3 is 10.2 Å². The highest BCUT2D eigenvalue weighted by molar-refractivity contribution is 7.81. The van der Waals surface area contributed by atoms with Crippen molar-refractivity contribution in [1.29, 1.82) is 0 Å². The van der Waals surface area contributed by atoms with Gasteiger partial charge in [-0.2, -0.15) is 12.6 Å². The number of thiol groups is 1. The lowest BCUT2D eigenvalue weighted by Crippen LogP contribution is -2.69. The molecule has 0 aromatic heterocycles. The number of aliphatic hydroxyl groups excluding tert-OH is 1. The normalized spacial score (nSPS) is 52.5. The van der Waals surface area contributed by atoms with Crippen molar-refractivity contribution in [3.63, 3.8) is 0 Å². The first-order valence-corrected chi connectivity index (χ1v) is 10.8. The molecule has 2 N–H and O–H groups in total. The van der Waals surface area contributed by atoms with Crippen LogP contribution in [0.1, 0.15) is 46.5 Å². The van der Waals surface area contributed by atoms with E-state index in [0.717, 1.165) is 5.57 Å². The Morgan fingerprint density at radius 3 is 2.68 bits per heavy atom. The number of carbonyl (C=O) groups is 2. The van der Waals surface area contributed by atoms with Crippen LogP contribution in [0.25, 0.3) is 0 Å². The summed E-state index contributed by atoms with van der Waals surface area (Å²) < 4.78 is 16.9. The minimum Gasteiger partial charge on any atom is -0.390 e. The number of carbonyl (C=O) groups excluding carboxylic acids is 2. The molecule has 4 aliphatic carbocycles. The monoisotopic (exact) mass is 408 g/mol. The summed E-state index contributed by atoms with van der Waals surface area (Å²) in [6.07, 6.45) is 4.80. The molecule has 6 heteroatoms. The summed E-state index contributed by atoms with van der Waals surface area (Å²) in [4.78, 5) is 24.6. The minimum absolute atomic E-state index is 0.00960. The molecular formula is C22H29FO4S. The zero-order valence-corrected chi connectivity index (χ0v) is 17.5. The summed E-state index contributed by atoms with van der Waals surface area (Å²) in [7, 11) is 0. The van der Waals surface area contributed by atoms with Crippen LogP contribution >= 0.6 is 12.6 Å². The average molecular weight is 409 g/mol. The third-order valence-electron chi connectivity index (χ3n) is 8.79. The number of hydrogen-bond donors (Lipinski definition) is 3. The second-order valence-corrected chi connectivity index (χ2v) is 10.1. The summed E-state index contributed by atoms with van der Waals surface area (Å²) in [6, 6.07) is 0. The second-order valence-electron chi connectivity index (χ2n) is 9.75. The van der Waals surface area contributed by atoms with E-state index in [1.807, 2.05) is 13.8 Å². The van der Waals surface area contributed by atoms with Gasteiger partial charge in [-0.1, -0.05) is 25.5 Å². The summed E-state index contributed by atoms with van der Waals surface area (Å²) in [5.41, 5.74) is -4.78. The summed E-state index contributed by atoms with van der Waals surface area (Å²) in [5.74, 6) is -1.63. The van der Waals surface area contributed by atoms with Gasteiger partial charge in [-0.15, -0.1) is 0 Å². The number of rotatable bonds is 2. The Balaban J connectivity index is 1.84. The maximum absolute atomic E-state index is 16.9. The molecule has 0 heterocycles. The molecule has 154 valence electrons. The van der Waals surface area contributed by atoms with Crippen LogP contribution in [0.4, 0.5) is 4.39 Å². The van der Waals surface area contributed by atoms with Crippen molar-refractivity contribution >= 4 is 24.2 Å². The molecule has 0 amide bonds. The Kier molecular flexibility index (Phi) is 4.36. The fourth-order valence-electron chi connectivity index (χ4n) is 7.26. The molecule has 3 fully saturated rings. The number of fused-ring (bicyclic) bond motifs is 5. The van der Waals surface area contributed by atoms with Crippen LogP contribution in [0, 0.1) is 28.6 Å². The van der Waals surface area contributed by atoms with E-state index in [0.29, 0.717) is 19.3 Å². The van der Waals surface area contributed by atoms with Crippen molar-refractivity contribution in [1.82, 2.24) is 0 Å². The number of alkyl halides is 1. The van der Waals surface area contributed by atoms with Gasteiger partial charge in [-0.3, -0.25) is 9.59 Å². The van der Waals surface area contributed by atoms with E-state index in [4.69, 9.17) is 0 Å². The van der Waals surface area contributed by atoms with Crippen LogP contribution in [0.3, 0.4) is 0 Å². The molecule has 8 atom stereocenters. The van der Waals surface area contributed by atoms with Gasteiger partial charge >= 0.3 is 0 Å². The lowest BCUT2D eigenvalue weighted by Gasteiger charge is -2.62. The molecule has 4 nitrogen and oxygen atoms in total. The van der Waals surface area contributed by atoms with Crippen LogP contribution in [0.2, 0.25) is 0 Å². The van der Waals surface area contributed by atoms with E-state index >= 15 is 4.39 Å². The van der Waals surface area contributed by atoms with Crippen LogP contribution in [-0.2, 0) is 9.59 Å². The Morgan fingerprint density at radius 1 is 1.36 bits per heavy atom. The smallest absolute Gasteiger partial charge is 0.178 e. The predicted octanol–water partition coefficient (Wildman–Crippen LogP) is 2.83. The Morgan fingerprint density at radius 2 is 2.04 bits per heavy atom. The quantitative estimate of drug-likeness (QED) is 0.615. The van der Waals surface area contributed by atoms with Gasteiger partial charge in [-0.25, -0.2) is 4.39 Å². The number of allylic oxidation sites excluding steroid dienone is 4. The highest BCUT2D eigenvalue weighted by atomic mass is 32.1. The van der Waals surface area contributed by atoms with Crippen LogP contribution in [-0.4, -0.2) is 44.9 Å². The fraction of sp³-hybridized carbons (Fsp3) is 0.727. The first-order chi connectivity index (χ1) is 13.0. The van der Waals surface area contributed by atoms with Gasteiger partial charge in [0.05, 0.1) is 11.9 Å². The van der Waals surface area contributed by atoms with Crippen molar-refractivity contribution in [2.75, 3.05) is 5.75 Å². The summed E-state index contributed by atoms with van der Waals surface area (Å²) in [5, 5.41) is 22.7. The number of Topliss-reactive ketones (excluding diaryl/α,β-unsaturated/α-hetero) is 1. The highest BCUT2D eigenvalue weighted by Crippen LogP contribution is 2.70. The Labute approximate surface area is 170 Å². The molecule has 0 aromatic rings. The van der Waals surface area contributed by atoms with Gasteiger partial charge in [0.15, 0.2) is 17.2 Å². The van der Waals surface area contributed by atoms with E-state index in [9.17, 15) is 19.8 Å². The molecule has 28 heavy (non-hydrogen) atoms. The minimum atomic E-state index is -1.94. The fourth-order valence-corrected chi connectivity index (χ4v) is 7.50. The van der Waals surface area contributed by atoms with E-state index in [1.54, 1.807) is 13.0 Å². The van der Waals surface area contributed by atoms with E-state index in [-0.39, 0.29) is 35.6 Å². The number of halogens is 1. The van der Waals surface area contributed by atoms with Crippen LogP contribution < -0.4 is 0 Å². The predicted molar refractivity (Wildman–Crippen MR) is 107 cm³/mol. The number of ketones is 2. The molecular weight excluding hydrogens is 379 g/mol. The van der Waals surface area contributed by atoms with Gasteiger partial charge in [-0.05, 0) is 56.6 Å². The molecule has 0 unspecified atom stereocenters. The van der Waals surface area contributed by atoms with E-state index in [2.05, 4.69) is 12.6 Å². The molecule has 0 radical (unpaired) electrons. The van der Waals surface area contributed by atoms with Crippen molar-refractivity contribution in [3.8, 4) is 0 Å². The van der Waals surface area contributed by atoms with E-state index in [1.165, 1.54) is 12.2 Å². The van der Waals surface area contributed by atoms with Crippen molar-refractivity contribution in [3.05, 3.63) is 23.8 Å². The molecule has 0 saturated heterocycles. The van der Waals surface area contributed by atoms with Crippen LogP contribution in [0.5, 0.6) is 0 Å². The highest BCUT2D eigenvalue weighted by Gasteiger charge is 2.75. The van der Waals surface area contributed by atoms with Gasteiger partial charge in [0.1, 0.15) is 5.60 Å². The maximum atomic E-state index is 16.9. The molecule has 0 aromatic carbocycles. The average Bonchev–Trinajstić information content (AvgIpc) is 2.84. The molecule has 0 bridgehead atoms. The van der Waals surface area contributed by atoms with Crippen molar-refractivity contribution in [2.45, 2.75) is 63.8 Å². The van der Waals surface area contributed by atoms with Crippen molar-refractivity contribution < 1.29 is 24.2 Å². The standard InChI is InChI=1S/C22H29FO4S/c1-12-8-16-15-5-4-13-9-14(24)6-7-19(13,2)21(15,23)17(25)10-20(16,3)22(12,27)18(26)11-28/h6-7,9,12,15-17,25,27-28H,4-5,8,10-11H2,1-3H3/t12-,15-,16-,17-,19-,20-,21-,22-/m0/s1. The molecule has 0 aliphatic heterocycles. The van der Waals surface area contributed by atoms with Crippen molar-refractivity contribution in [2.24, 2.45) is 28.6 Å². The Hall–Kier alpha value is -0.980. The molecule has 0 spiro atoms. The third-order valence-corrected chi connectivity index (χ3v) is 9.08. The summed E-state index contributed by atoms with van der Waals surface area (Å²) in [6.45, 7) is 5.44. The van der Waals surface area contributed by atoms with E-state index < -0.39 is 34.1 Å². The topological polar surface area (TPSA) is 74.6 Å². The van der Waals surface area contributed by atoms with Gasteiger partial charge in [0.25, 0.3) is 0 Å². The zero-order valence-electron chi connectivity index (χ0n) is 16.6. The molecule has 4 aliphatic rings. The lowest BCUT2D eigenvalue weighted by molar-refractivity contribution is -0.218. The summed E-state index contributed by atoms with van der Waals surface area (Å²) >= 11 is 4.10. The first-order valence-electron chi connectivity index (χ1n) is 10.1. The maximum Gasteiger partial charge on any atom is 0.178 e. The largest absolute Gasteiger partial charge is 0.390 e. The molecule has 3 saturated carbocycles. The Bertz CT molecular complexity index is 808. The lowest BCUT2D eigenvalue weighted by atomic mass is 9.44. The zero-order chi connectivity index (χ0) is 20.7. The molecule has 4 rings (SSSR count). The second kappa shape index (κ2) is 6.02. The number of hydrogen-bond acceptors (Lipinski definition) is 5. The SMILES string of the molecule is C[C@H]1C[C@H]2[C@@H]3CCC4=CC(=O)C=C[C@]4(C)[C@@]3(F)[C@@H](O)C[C@]2(C)[C@@]1(O)C(=O)CS. The third kappa shape index (κ3) is 2.09. The van der Waals surface area contributed by atoms with Gasteiger partial charge in [0.2, 0.25) is 0 Å².